The van der Waals surface area contributed by atoms with Gasteiger partial charge in [-0.05, 0) is 36.4 Å². The van der Waals surface area contributed by atoms with Crippen molar-refractivity contribution in [1.82, 2.24) is 24.4 Å². The highest BCUT2D eigenvalue weighted by atomic mass is 35.5. The molecule has 11 heteroatoms. The molecule has 148 valence electrons. The number of fused-ring (bicyclic) bond motifs is 1. The fourth-order valence-electron chi connectivity index (χ4n) is 2.92. The number of benzene rings is 1. The Hall–Kier alpha value is -3.40. The van der Waals surface area contributed by atoms with Crippen LogP contribution in [0.3, 0.4) is 0 Å². The third kappa shape index (κ3) is 3.54. The van der Waals surface area contributed by atoms with Crippen LogP contribution in [-0.4, -0.2) is 30.3 Å². The van der Waals surface area contributed by atoms with Crippen molar-refractivity contribution < 1.29 is 18.0 Å². The van der Waals surface area contributed by atoms with Crippen LogP contribution in [0.25, 0.3) is 22.3 Å². The lowest BCUT2D eigenvalue weighted by Gasteiger charge is -2.16. The van der Waals surface area contributed by atoms with Gasteiger partial charge in [-0.3, -0.25) is 14.9 Å². The summed E-state index contributed by atoms with van der Waals surface area (Å²) in [5.41, 5.74) is 1.77. The van der Waals surface area contributed by atoms with Crippen molar-refractivity contribution in [3.63, 3.8) is 0 Å². The summed E-state index contributed by atoms with van der Waals surface area (Å²) < 4.78 is 43.3. The zero-order chi connectivity index (χ0) is 20.8. The van der Waals surface area contributed by atoms with Gasteiger partial charge in [0.2, 0.25) is 5.82 Å². The molecule has 0 aliphatic carbocycles. The van der Waals surface area contributed by atoms with E-state index < -0.39 is 17.6 Å². The first-order valence-electron chi connectivity index (χ1n) is 8.24. The molecule has 4 aromatic rings. The summed E-state index contributed by atoms with van der Waals surface area (Å²) in [6, 6.07) is 8.06. The first-order chi connectivity index (χ1) is 13.7. The Kier molecular flexibility index (Phi) is 4.50. The number of nitrogens with one attached hydrogen (secondary N) is 1. The second-order valence-corrected chi connectivity index (χ2v) is 6.59. The van der Waals surface area contributed by atoms with E-state index in [1.54, 1.807) is 19.2 Å². The Balaban J connectivity index is 1.91. The molecule has 4 rings (SSSR count). The largest absolute Gasteiger partial charge is 0.417 e. The van der Waals surface area contributed by atoms with Gasteiger partial charge in [0.1, 0.15) is 6.33 Å². The molecule has 7 nitrogen and oxygen atoms in total. The fraction of sp³-hybridized carbons (Fsp3) is 0.111. The van der Waals surface area contributed by atoms with Crippen molar-refractivity contribution in [3.8, 4) is 11.3 Å². The van der Waals surface area contributed by atoms with Gasteiger partial charge >= 0.3 is 12.1 Å². The standard InChI is InChI=1S/C18H12ClF3N6O/c1-27-9-24-15(25-27)17(29)26-28-14(7-10-3-2-6-23-16(10)28)12-8-11(19)4-5-13(12)18(20,21)22/h2-9H,1H3,(H,26,29). The number of halogens is 4. The van der Waals surface area contributed by atoms with E-state index in [9.17, 15) is 18.0 Å². The summed E-state index contributed by atoms with van der Waals surface area (Å²) in [4.78, 5) is 20.6. The van der Waals surface area contributed by atoms with Crippen LogP contribution < -0.4 is 5.43 Å². The van der Waals surface area contributed by atoms with Crippen LogP contribution in [0.15, 0.2) is 48.9 Å². The van der Waals surface area contributed by atoms with Crippen molar-refractivity contribution >= 4 is 28.5 Å². The second kappa shape index (κ2) is 6.89. The molecule has 0 saturated carbocycles. The summed E-state index contributed by atoms with van der Waals surface area (Å²) in [6.45, 7) is 0. The molecule has 0 aliphatic heterocycles. The number of hydrogen-bond donors (Lipinski definition) is 1. The van der Waals surface area contributed by atoms with E-state index in [4.69, 9.17) is 11.6 Å². The van der Waals surface area contributed by atoms with Crippen molar-refractivity contribution in [1.29, 1.82) is 0 Å². The number of rotatable bonds is 3. The average Bonchev–Trinajstić information content (AvgIpc) is 3.25. The summed E-state index contributed by atoms with van der Waals surface area (Å²) in [5.74, 6) is -0.844. The van der Waals surface area contributed by atoms with E-state index in [1.807, 2.05) is 0 Å². The molecular weight excluding hydrogens is 409 g/mol. The topological polar surface area (TPSA) is 77.6 Å². The minimum atomic E-state index is -4.62. The van der Waals surface area contributed by atoms with Crippen LogP contribution in [-0.2, 0) is 13.2 Å². The number of hydrogen-bond acceptors (Lipinski definition) is 4. The minimum absolute atomic E-state index is 0.0674. The number of aryl methyl sites for hydroxylation is 1. The van der Waals surface area contributed by atoms with Crippen molar-refractivity contribution in [2.75, 3.05) is 5.43 Å². The predicted octanol–water partition coefficient (Wildman–Crippen LogP) is 3.89. The predicted molar refractivity (Wildman–Crippen MR) is 99.9 cm³/mol. The summed E-state index contributed by atoms with van der Waals surface area (Å²) in [6.07, 6.45) is -1.82. The zero-order valence-corrected chi connectivity index (χ0v) is 15.5. The molecule has 0 saturated heterocycles. The molecule has 0 atom stereocenters. The second-order valence-electron chi connectivity index (χ2n) is 6.15. The third-order valence-corrected chi connectivity index (χ3v) is 4.38. The zero-order valence-electron chi connectivity index (χ0n) is 14.8. The maximum atomic E-state index is 13.6. The van der Waals surface area contributed by atoms with E-state index in [-0.39, 0.29) is 27.8 Å². The van der Waals surface area contributed by atoms with Gasteiger partial charge < -0.3 is 0 Å². The Morgan fingerprint density at radius 3 is 2.66 bits per heavy atom. The van der Waals surface area contributed by atoms with Gasteiger partial charge in [0.05, 0.1) is 11.3 Å². The molecule has 0 fully saturated rings. The number of nitrogens with zero attached hydrogens (tertiary/aromatic N) is 5. The van der Waals surface area contributed by atoms with Gasteiger partial charge in [0, 0.05) is 29.2 Å². The van der Waals surface area contributed by atoms with Crippen LogP contribution in [0.5, 0.6) is 0 Å². The minimum Gasteiger partial charge on any atom is -0.264 e. The number of carbonyl (C=O) groups is 1. The highest BCUT2D eigenvalue weighted by Crippen LogP contribution is 2.39. The first-order valence-corrected chi connectivity index (χ1v) is 8.62. The Labute approximate surface area is 166 Å². The van der Waals surface area contributed by atoms with Gasteiger partial charge in [-0.1, -0.05) is 11.6 Å². The highest BCUT2D eigenvalue weighted by molar-refractivity contribution is 6.30. The smallest absolute Gasteiger partial charge is 0.264 e. The molecule has 0 bridgehead atoms. The number of pyridine rings is 1. The lowest BCUT2D eigenvalue weighted by Crippen LogP contribution is -2.25. The number of aromatic nitrogens is 5. The number of amides is 1. The molecule has 1 amide bonds. The number of alkyl halides is 3. The monoisotopic (exact) mass is 420 g/mol. The summed E-state index contributed by atoms with van der Waals surface area (Å²) in [7, 11) is 1.59. The maximum Gasteiger partial charge on any atom is 0.417 e. The van der Waals surface area contributed by atoms with E-state index in [0.29, 0.717) is 5.39 Å². The molecule has 1 aromatic carbocycles. The quantitative estimate of drug-likeness (QED) is 0.545. The van der Waals surface area contributed by atoms with Crippen LogP contribution in [0, 0.1) is 0 Å². The molecule has 3 heterocycles. The van der Waals surface area contributed by atoms with E-state index in [0.717, 1.165) is 12.1 Å². The average molecular weight is 421 g/mol. The molecule has 3 aromatic heterocycles. The van der Waals surface area contributed by atoms with Gasteiger partial charge in [0.15, 0.2) is 5.65 Å². The lowest BCUT2D eigenvalue weighted by molar-refractivity contribution is -0.137. The van der Waals surface area contributed by atoms with E-state index in [2.05, 4.69) is 20.5 Å². The van der Waals surface area contributed by atoms with Crippen LogP contribution in [0.1, 0.15) is 16.2 Å². The van der Waals surface area contributed by atoms with Crippen LogP contribution in [0.4, 0.5) is 13.2 Å². The Morgan fingerprint density at radius 1 is 1.17 bits per heavy atom. The van der Waals surface area contributed by atoms with Crippen molar-refractivity contribution in [2.24, 2.45) is 7.05 Å². The van der Waals surface area contributed by atoms with Crippen LogP contribution in [0.2, 0.25) is 5.02 Å². The molecule has 0 spiro atoms. The molecule has 1 N–H and O–H groups in total. The van der Waals surface area contributed by atoms with Gasteiger partial charge in [-0.25, -0.2) is 14.6 Å². The van der Waals surface area contributed by atoms with Gasteiger partial charge in [-0.15, -0.1) is 5.10 Å². The Morgan fingerprint density at radius 2 is 1.97 bits per heavy atom. The SMILES string of the molecule is Cn1cnc(C(=O)Nn2c(-c3cc(Cl)ccc3C(F)(F)F)cc3cccnc32)n1. The number of carbonyl (C=O) groups excluding carboxylic acids is 1. The molecule has 0 unspecified atom stereocenters. The third-order valence-electron chi connectivity index (χ3n) is 4.14. The Bertz CT molecular complexity index is 1230. The van der Waals surface area contributed by atoms with Crippen molar-refractivity contribution in [3.05, 3.63) is 65.3 Å². The molecular formula is C18H12ClF3N6O. The molecule has 29 heavy (non-hydrogen) atoms. The highest BCUT2D eigenvalue weighted by Gasteiger charge is 2.35. The first kappa shape index (κ1) is 18.9. The van der Waals surface area contributed by atoms with E-state index in [1.165, 1.54) is 34.0 Å². The molecule has 0 radical (unpaired) electrons. The van der Waals surface area contributed by atoms with E-state index >= 15 is 0 Å². The molecule has 0 aliphatic rings. The van der Waals surface area contributed by atoms with Gasteiger partial charge in [-0.2, -0.15) is 13.2 Å². The maximum absolute atomic E-state index is 13.6. The summed E-state index contributed by atoms with van der Waals surface area (Å²) in [5, 5.41) is 4.56. The fourth-order valence-corrected chi connectivity index (χ4v) is 3.09. The van der Waals surface area contributed by atoms with Crippen molar-refractivity contribution in [2.45, 2.75) is 6.18 Å². The summed E-state index contributed by atoms with van der Waals surface area (Å²) >= 11 is 5.97. The van der Waals surface area contributed by atoms with Gasteiger partial charge in [0.25, 0.3) is 0 Å². The van der Waals surface area contributed by atoms with Crippen LogP contribution >= 0.6 is 11.6 Å². The normalized spacial score (nSPS) is 11.8. The lowest BCUT2D eigenvalue weighted by atomic mass is 10.0.